The van der Waals surface area contributed by atoms with Crippen LogP contribution >= 0.6 is 0 Å². The fraction of sp³-hybridized carbons (Fsp3) is 0.529. The van der Waals surface area contributed by atoms with Gasteiger partial charge in [-0.25, -0.2) is 0 Å². The predicted octanol–water partition coefficient (Wildman–Crippen LogP) is 1.65. The Morgan fingerprint density at radius 3 is 2.36 bits per heavy atom. The van der Waals surface area contributed by atoms with Crippen molar-refractivity contribution < 1.29 is 14.7 Å². The molecule has 0 saturated heterocycles. The van der Waals surface area contributed by atoms with Crippen LogP contribution in [0.5, 0.6) is 0 Å². The van der Waals surface area contributed by atoms with Crippen molar-refractivity contribution in [3.05, 3.63) is 35.9 Å². The average molecular weight is 306 g/mol. The van der Waals surface area contributed by atoms with Crippen molar-refractivity contribution in [2.24, 2.45) is 0 Å². The van der Waals surface area contributed by atoms with Crippen molar-refractivity contribution in [2.75, 3.05) is 19.7 Å². The topological polar surface area (TPSA) is 60.9 Å². The molecule has 122 valence electrons. The molecule has 1 rings (SSSR count). The summed E-state index contributed by atoms with van der Waals surface area (Å²) in [6, 6.07) is 9.52. The van der Waals surface area contributed by atoms with Gasteiger partial charge in [0.2, 0.25) is 11.8 Å². The lowest BCUT2D eigenvalue weighted by atomic mass is 10.2. The van der Waals surface area contributed by atoms with Gasteiger partial charge in [0.15, 0.2) is 0 Å². The summed E-state index contributed by atoms with van der Waals surface area (Å²) >= 11 is 0. The van der Waals surface area contributed by atoms with Gasteiger partial charge in [-0.15, -0.1) is 0 Å². The molecular formula is C17H26N2O3. The molecule has 2 amide bonds. The minimum absolute atomic E-state index is 0.0386. The van der Waals surface area contributed by atoms with E-state index in [2.05, 4.69) is 0 Å². The summed E-state index contributed by atoms with van der Waals surface area (Å²) in [7, 11) is 0. The van der Waals surface area contributed by atoms with E-state index in [4.69, 9.17) is 0 Å². The van der Waals surface area contributed by atoms with Gasteiger partial charge >= 0.3 is 0 Å². The monoisotopic (exact) mass is 306 g/mol. The van der Waals surface area contributed by atoms with Gasteiger partial charge in [0.25, 0.3) is 0 Å². The smallest absolute Gasteiger partial charge is 0.224 e. The third-order valence-electron chi connectivity index (χ3n) is 3.71. The number of likely N-dealkylation sites (N-methyl/N-ethyl adjacent to an activating group) is 1. The van der Waals surface area contributed by atoms with E-state index in [0.29, 0.717) is 19.6 Å². The maximum atomic E-state index is 12.2. The molecule has 0 fully saturated rings. The zero-order chi connectivity index (χ0) is 16.5. The molecule has 0 bridgehead atoms. The Kier molecular flexibility index (Phi) is 7.60. The first-order valence-electron chi connectivity index (χ1n) is 7.69. The van der Waals surface area contributed by atoms with Crippen LogP contribution in [0.25, 0.3) is 0 Å². The number of carbonyl (C=O) groups excluding carboxylic acids is 2. The molecule has 1 aromatic rings. The first kappa shape index (κ1) is 18.2. The lowest BCUT2D eigenvalue weighted by molar-refractivity contribution is -0.135. The predicted molar refractivity (Wildman–Crippen MR) is 86.1 cm³/mol. The lowest BCUT2D eigenvalue weighted by Gasteiger charge is -2.28. The van der Waals surface area contributed by atoms with E-state index < -0.39 is 0 Å². The minimum Gasteiger partial charge on any atom is -0.394 e. The zero-order valence-electron chi connectivity index (χ0n) is 13.7. The number of rotatable bonds is 8. The number of benzene rings is 1. The Morgan fingerprint density at radius 1 is 1.23 bits per heavy atom. The Hall–Kier alpha value is -1.88. The van der Waals surface area contributed by atoms with Gasteiger partial charge in [-0.2, -0.15) is 0 Å². The number of aliphatic hydroxyl groups excluding tert-OH is 1. The summed E-state index contributed by atoms with van der Waals surface area (Å²) in [5, 5.41) is 9.19. The van der Waals surface area contributed by atoms with E-state index >= 15 is 0 Å². The van der Waals surface area contributed by atoms with Gasteiger partial charge in [-0.05, 0) is 19.4 Å². The highest BCUT2D eigenvalue weighted by molar-refractivity contribution is 5.78. The van der Waals surface area contributed by atoms with Crippen LogP contribution in [0.2, 0.25) is 0 Å². The van der Waals surface area contributed by atoms with Gasteiger partial charge in [-0.3, -0.25) is 9.59 Å². The molecule has 0 saturated carbocycles. The van der Waals surface area contributed by atoms with Crippen molar-refractivity contribution in [1.82, 2.24) is 9.80 Å². The highest BCUT2D eigenvalue weighted by atomic mass is 16.3. The number of hydrogen-bond donors (Lipinski definition) is 1. The Morgan fingerprint density at radius 2 is 1.86 bits per heavy atom. The number of nitrogens with zero attached hydrogens (tertiary/aromatic N) is 2. The Balaban J connectivity index is 2.61. The van der Waals surface area contributed by atoms with Gasteiger partial charge < -0.3 is 14.9 Å². The van der Waals surface area contributed by atoms with E-state index in [1.54, 1.807) is 9.80 Å². The van der Waals surface area contributed by atoms with Crippen LogP contribution in [0.4, 0.5) is 0 Å². The van der Waals surface area contributed by atoms with E-state index in [1.807, 2.05) is 44.2 Å². The summed E-state index contributed by atoms with van der Waals surface area (Å²) in [6.07, 6.45) is 0.268. The largest absolute Gasteiger partial charge is 0.394 e. The second-order valence-corrected chi connectivity index (χ2v) is 5.39. The SMILES string of the molecule is CCN(C(=O)CCN(Cc1ccccc1)C(C)=O)[C@H](C)CO. The molecule has 1 aromatic carbocycles. The second-order valence-electron chi connectivity index (χ2n) is 5.39. The lowest BCUT2D eigenvalue weighted by Crippen LogP contribution is -2.42. The fourth-order valence-corrected chi connectivity index (χ4v) is 2.36. The van der Waals surface area contributed by atoms with E-state index in [-0.39, 0.29) is 30.9 Å². The molecule has 0 aliphatic heterocycles. The molecule has 5 nitrogen and oxygen atoms in total. The van der Waals surface area contributed by atoms with E-state index in [0.717, 1.165) is 5.56 Å². The molecule has 0 spiro atoms. The van der Waals surface area contributed by atoms with Crippen molar-refractivity contribution in [2.45, 2.75) is 39.8 Å². The van der Waals surface area contributed by atoms with Crippen LogP contribution in [0.15, 0.2) is 30.3 Å². The van der Waals surface area contributed by atoms with E-state index in [1.165, 1.54) is 6.92 Å². The molecule has 1 atom stereocenters. The summed E-state index contributed by atoms with van der Waals surface area (Å²) in [5.74, 6) is -0.0849. The number of aliphatic hydroxyl groups is 1. The van der Waals surface area contributed by atoms with Crippen LogP contribution < -0.4 is 0 Å². The highest BCUT2D eigenvalue weighted by Crippen LogP contribution is 2.08. The van der Waals surface area contributed by atoms with Crippen molar-refractivity contribution in [1.29, 1.82) is 0 Å². The standard InChI is InChI=1S/C17H26N2O3/c1-4-19(14(2)13-20)17(22)10-11-18(15(3)21)12-16-8-6-5-7-9-16/h5-9,14,20H,4,10-13H2,1-3H3/t14-/m1/s1. The van der Waals surface area contributed by atoms with Crippen LogP contribution in [-0.4, -0.2) is 52.5 Å². The summed E-state index contributed by atoms with van der Waals surface area (Å²) in [5.41, 5.74) is 1.04. The van der Waals surface area contributed by atoms with Gasteiger partial charge in [0.05, 0.1) is 12.6 Å². The fourth-order valence-electron chi connectivity index (χ4n) is 2.36. The number of carbonyl (C=O) groups is 2. The molecule has 0 heterocycles. The molecule has 0 aromatic heterocycles. The van der Waals surface area contributed by atoms with Crippen LogP contribution in [0.1, 0.15) is 32.8 Å². The Bertz CT molecular complexity index is 476. The van der Waals surface area contributed by atoms with E-state index in [9.17, 15) is 14.7 Å². The zero-order valence-corrected chi connectivity index (χ0v) is 13.7. The molecular weight excluding hydrogens is 280 g/mol. The molecule has 5 heteroatoms. The first-order chi connectivity index (χ1) is 10.5. The first-order valence-corrected chi connectivity index (χ1v) is 7.69. The van der Waals surface area contributed by atoms with Crippen LogP contribution in [0, 0.1) is 0 Å². The third-order valence-corrected chi connectivity index (χ3v) is 3.71. The van der Waals surface area contributed by atoms with Crippen molar-refractivity contribution in [3.63, 3.8) is 0 Å². The summed E-state index contributed by atoms with van der Waals surface area (Å²) in [4.78, 5) is 27.3. The normalized spacial score (nSPS) is 11.8. The van der Waals surface area contributed by atoms with Crippen LogP contribution in [-0.2, 0) is 16.1 Å². The summed E-state index contributed by atoms with van der Waals surface area (Å²) in [6.45, 7) is 6.61. The molecule has 22 heavy (non-hydrogen) atoms. The number of hydrogen-bond acceptors (Lipinski definition) is 3. The third kappa shape index (κ3) is 5.48. The summed E-state index contributed by atoms with van der Waals surface area (Å²) < 4.78 is 0. The highest BCUT2D eigenvalue weighted by Gasteiger charge is 2.19. The molecule has 1 N–H and O–H groups in total. The quantitative estimate of drug-likeness (QED) is 0.794. The maximum absolute atomic E-state index is 12.2. The Labute approximate surface area is 132 Å². The average Bonchev–Trinajstić information content (AvgIpc) is 2.52. The number of amides is 2. The molecule has 0 aliphatic rings. The van der Waals surface area contributed by atoms with Crippen LogP contribution in [0.3, 0.4) is 0 Å². The van der Waals surface area contributed by atoms with Crippen molar-refractivity contribution >= 4 is 11.8 Å². The van der Waals surface area contributed by atoms with Crippen molar-refractivity contribution in [3.8, 4) is 0 Å². The van der Waals surface area contributed by atoms with Gasteiger partial charge in [-0.1, -0.05) is 30.3 Å². The van der Waals surface area contributed by atoms with Gasteiger partial charge in [0, 0.05) is 33.0 Å². The minimum atomic E-state index is -0.197. The molecule has 0 aliphatic carbocycles. The van der Waals surface area contributed by atoms with Gasteiger partial charge in [0.1, 0.15) is 0 Å². The molecule has 0 radical (unpaired) electrons. The second kappa shape index (κ2) is 9.20. The molecule has 0 unspecified atom stereocenters. The maximum Gasteiger partial charge on any atom is 0.224 e.